The Balaban J connectivity index is 1.87. The van der Waals surface area contributed by atoms with Gasteiger partial charge in [-0.25, -0.2) is 9.97 Å². The molecule has 0 amide bonds. The highest BCUT2D eigenvalue weighted by Gasteiger charge is 2.16. The Morgan fingerprint density at radius 2 is 1.86 bits per heavy atom. The summed E-state index contributed by atoms with van der Waals surface area (Å²) in [5.74, 6) is 1.74. The molecule has 1 heterocycles. The van der Waals surface area contributed by atoms with Gasteiger partial charge >= 0.3 is 0 Å². The summed E-state index contributed by atoms with van der Waals surface area (Å²) in [6.07, 6.45) is 5.31. The normalized spacial score (nSPS) is 13.8. The zero-order valence-corrected chi connectivity index (χ0v) is 12.4. The van der Waals surface area contributed by atoms with Crippen LogP contribution in [0.3, 0.4) is 0 Å². The molecule has 1 aromatic heterocycles. The van der Waals surface area contributed by atoms with E-state index in [-0.39, 0.29) is 0 Å². The lowest BCUT2D eigenvalue weighted by atomic mass is 9.94. The first kappa shape index (κ1) is 14.0. The minimum atomic E-state index is 0.500. The molecule has 4 heteroatoms. The number of hydrogen-bond acceptors (Lipinski definition) is 4. The van der Waals surface area contributed by atoms with E-state index in [9.17, 15) is 0 Å². The number of nitrogens with zero attached hydrogens (tertiary/aromatic N) is 2. The predicted molar refractivity (Wildman–Crippen MR) is 82.4 cm³/mol. The van der Waals surface area contributed by atoms with Crippen LogP contribution in [0, 0.1) is 0 Å². The maximum atomic E-state index is 5.87. The SMILES string of the molecule is COc1ccc(Cc2nc(CN)c3c(n2)CCCC3)cc1. The van der Waals surface area contributed by atoms with Crippen molar-refractivity contribution >= 4 is 0 Å². The number of nitrogens with two attached hydrogens (primary N) is 1. The van der Waals surface area contributed by atoms with Crippen LogP contribution in [-0.4, -0.2) is 17.1 Å². The highest BCUT2D eigenvalue weighted by molar-refractivity contribution is 5.32. The molecule has 2 N–H and O–H groups in total. The highest BCUT2D eigenvalue weighted by atomic mass is 16.5. The van der Waals surface area contributed by atoms with E-state index in [4.69, 9.17) is 15.5 Å². The van der Waals surface area contributed by atoms with E-state index >= 15 is 0 Å². The molecule has 0 bridgehead atoms. The number of ether oxygens (including phenoxy) is 1. The van der Waals surface area contributed by atoms with Crippen LogP contribution in [-0.2, 0) is 25.8 Å². The van der Waals surface area contributed by atoms with Gasteiger partial charge in [-0.3, -0.25) is 0 Å². The van der Waals surface area contributed by atoms with Crippen molar-refractivity contribution in [3.63, 3.8) is 0 Å². The molecule has 4 nitrogen and oxygen atoms in total. The van der Waals surface area contributed by atoms with Crippen LogP contribution in [0.15, 0.2) is 24.3 Å². The molecule has 2 aromatic rings. The van der Waals surface area contributed by atoms with Gasteiger partial charge in [0.15, 0.2) is 0 Å². The Morgan fingerprint density at radius 1 is 1.10 bits per heavy atom. The van der Waals surface area contributed by atoms with Crippen LogP contribution in [0.2, 0.25) is 0 Å². The fourth-order valence-corrected chi connectivity index (χ4v) is 2.90. The third-order valence-corrected chi connectivity index (χ3v) is 4.03. The van der Waals surface area contributed by atoms with Crippen LogP contribution < -0.4 is 10.5 Å². The summed E-state index contributed by atoms with van der Waals surface area (Å²) in [5, 5.41) is 0. The second kappa shape index (κ2) is 6.22. The first-order valence-electron chi connectivity index (χ1n) is 7.50. The molecule has 1 aliphatic rings. The maximum absolute atomic E-state index is 5.87. The summed E-state index contributed by atoms with van der Waals surface area (Å²) in [4.78, 5) is 9.44. The lowest BCUT2D eigenvalue weighted by Crippen LogP contribution is -2.16. The first-order chi connectivity index (χ1) is 10.3. The lowest BCUT2D eigenvalue weighted by Gasteiger charge is -2.18. The average Bonchev–Trinajstić information content (AvgIpc) is 2.55. The number of methoxy groups -OCH3 is 1. The average molecular weight is 283 g/mol. The van der Waals surface area contributed by atoms with Gasteiger partial charge in [0.05, 0.1) is 12.8 Å². The van der Waals surface area contributed by atoms with Crippen molar-refractivity contribution in [2.45, 2.75) is 38.6 Å². The number of aryl methyl sites for hydroxylation is 1. The van der Waals surface area contributed by atoms with Gasteiger partial charge in [0.2, 0.25) is 0 Å². The van der Waals surface area contributed by atoms with Crippen molar-refractivity contribution in [1.82, 2.24) is 9.97 Å². The Labute approximate surface area is 125 Å². The maximum Gasteiger partial charge on any atom is 0.133 e. The molecular formula is C17H21N3O. The Kier molecular flexibility index (Phi) is 4.15. The molecule has 0 fully saturated rings. The number of aromatic nitrogens is 2. The Morgan fingerprint density at radius 3 is 2.57 bits per heavy atom. The molecule has 110 valence electrons. The van der Waals surface area contributed by atoms with E-state index in [0.29, 0.717) is 6.54 Å². The van der Waals surface area contributed by atoms with Crippen molar-refractivity contribution in [3.8, 4) is 5.75 Å². The quantitative estimate of drug-likeness (QED) is 0.936. The van der Waals surface area contributed by atoms with Gasteiger partial charge in [-0.1, -0.05) is 12.1 Å². The molecule has 0 atom stereocenters. The fraction of sp³-hybridized carbons (Fsp3) is 0.412. The van der Waals surface area contributed by atoms with Crippen molar-refractivity contribution in [3.05, 3.63) is 52.6 Å². The molecule has 0 aliphatic heterocycles. The van der Waals surface area contributed by atoms with Crippen LogP contribution in [0.4, 0.5) is 0 Å². The fourth-order valence-electron chi connectivity index (χ4n) is 2.90. The van der Waals surface area contributed by atoms with Crippen LogP contribution in [0.1, 0.15) is 41.2 Å². The number of rotatable bonds is 4. The van der Waals surface area contributed by atoms with Crippen LogP contribution in [0.5, 0.6) is 5.75 Å². The summed E-state index contributed by atoms with van der Waals surface area (Å²) in [6, 6.07) is 8.06. The zero-order valence-electron chi connectivity index (χ0n) is 12.4. The van der Waals surface area contributed by atoms with Crippen molar-refractivity contribution < 1.29 is 4.74 Å². The minimum absolute atomic E-state index is 0.500. The summed E-state index contributed by atoms with van der Waals surface area (Å²) < 4.78 is 5.18. The molecule has 1 aromatic carbocycles. The van der Waals surface area contributed by atoms with Crippen molar-refractivity contribution in [2.75, 3.05) is 7.11 Å². The molecular weight excluding hydrogens is 262 g/mol. The van der Waals surface area contributed by atoms with Crippen molar-refractivity contribution in [2.24, 2.45) is 5.73 Å². The molecule has 1 aliphatic carbocycles. The molecule has 0 radical (unpaired) electrons. The Bertz CT molecular complexity index is 605. The van der Waals surface area contributed by atoms with Crippen LogP contribution >= 0.6 is 0 Å². The van der Waals surface area contributed by atoms with E-state index in [2.05, 4.69) is 17.1 Å². The lowest BCUT2D eigenvalue weighted by molar-refractivity contribution is 0.414. The monoisotopic (exact) mass is 283 g/mol. The van der Waals surface area contributed by atoms with Gasteiger partial charge in [-0.2, -0.15) is 0 Å². The van der Waals surface area contributed by atoms with Gasteiger partial charge in [0.25, 0.3) is 0 Å². The van der Waals surface area contributed by atoms with E-state index in [0.717, 1.165) is 36.5 Å². The van der Waals surface area contributed by atoms with E-state index < -0.39 is 0 Å². The number of hydrogen-bond donors (Lipinski definition) is 1. The number of benzene rings is 1. The van der Waals surface area contributed by atoms with E-state index in [1.807, 2.05) is 12.1 Å². The van der Waals surface area contributed by atoms with E-state index in [1.54, 1.807) is 7.11 Å². The van der Waals surface area contributed by atoms with Crippen molar-refractivity contribution in [1.29, 1.82) is 0 Å². The molecule has 0 saturated heterocycles. The van der Waals surface area contributed by atoms with Gasteiger partial charge in [-0.15, -0.1) is 0 Å². The number of fused-ring (bicyclic) bond motifs is 1. The molecule has 0 saturated carbocycles. The topological polar surface area (TPSA) is 61.0 Å². The summed E-state index contributed by atoms with van der Waals surface area (Å²) in [7, 11) is 1.68. The minimum Gasteiger partial charge on any atom is -0.497 e. The summed E-state index contributed by atoms with van der Waals surface area (Å²) in [6.45, 7) is 0.500. The third-order valence-electron chi connectivity index (χ3n) is 4.03. The second-order valence-corrected chi connectivity index (χ2v) is 5.45. The summed E-state index contributed by atoms with van der Waals surface area (Å²) >= 11 is 0. The molecule has 3 rings (SSSR count). The van der Waals surface area contributed by atoms with Gasteiger partial charge in [0.1, 0.15) is 11.6 Å². The highest BCUT2D eigenvalue weighted by Crippen LogP contribution is 2.23. The van der Waals surface area contributed by atoms with Gasteiger partial charge < -0.3 is 10.5 Å². The molecule has 0 unspecified atom stereocenters. The van der Waals surface area contributed by atoms with E-state index in [1.165, 1.54) is 29.7 Å². The van der Waals surface area contributed by atoms with Gasteiger partial charge in [-0.05, 0) is 48.9 Å². The predicted octanol–water partition coefficient (Wildman–Crippen LogP) is 2.41. The zero-order chi connectivity index (χ0) is 14.7. The van der Waals surface area contributed by atoms with Gasteiger partial charge in [0, 0.05) is 18.7 Å². The summed E-state index contributed by atoms with van der Waals surface area (Å²) in [5.41, 5.74) is 10.6. The molecule has 0 spiro atoms. The smallest absolute Gasteiger partial charge is 0.133 e. The standard InChI is InChI=1S/C17H21N3O/c1-21-13-8-6-12(7-9-13)10-17-19-15-5-3-2-4-14(15)16(11-18)20-17/h6-9H,2-5,10-11,18H2,1H3. The van der Waals surface area contributed by atoms with Crippen LogP contribution in [0.25, 0.3) is 0 Å². The first-order valence-corrected chi connectivity index (χ1v) is 7.50. The Hall–Kier alpha value is -1.94. The second-order valence-electron chi connectivity index (χ2n) is 5.45. The third kappa shape index (κ3) is 3.05. The molecule has 21 heavy (non-hydrogen) atoms. The largest absolute Gasteiger partial charge is 0.497 e.